The lowest BCUT2D eigenvalue weighted by molar-refractivity contribution is -0.135. The van der Waals surface area contributed by atoms with Crippen molar-refractivity contribution in [3.05, 3.63) is 22.4 Å². The molecule has 1 unspecified atom stereocenters. The minimum atomic E-state index is -0.0518. The van der Waals surface area contributed by atoms with Crippen LogP contribution in [0.5, 0.6) is 0 Å². The summed E-state index contributed by atoms with van der Waals surface area (Å²) >= 11 is 10.2. The van der Waals surface area contributed by atoms with Crippen LogP contribution in [0.3, 0.4) is 0 Å². The average molecular weight is 373 g/mol. The van der Waals surface area contributed by atoms with Gasteiger partial charge in [0.1, 0.15) is 10.9 Å². The van der Waals surface area contributed by atoms with Crippen molar-refractivity contribution in [2.75, 3.05) is 31.1 Å². The quantitative estimate of drug-likeness (QED) is 0.763. The molecule has 2 aliphatic heterocycles. The third-order valence-electron chi connectivity index (χ3n) is 3.69. The smallest absolute Gasteiger partial charge is 0.242 e. The molecule has 0 aromatic carbocycles. The summed E-state index contributed by atoms with van der Waals surface area (Å²) in [5.41, 5.74) is 0. The summed E-state index contributed by atoms with van der Waals surface area (Å²) in [6.07, 6.45) is 0.962. The maximum Gasteiger partial charge on any atom is 0.242 e. The fraction of sp³-hybridized carbons (Fsp3) is 0.500. The third kappa shape index (κ3) is 3.67. The Labute approximate surface area is 147 Å². The lowest BCUT2D eigenvalue weighted by Crippen LogP contribution is -2.43. The topological polar surface area (TPSA) is 40.6 Å². The van der Waals surface area contributed by atoms with Crippen molar-refractivity contribution in [2.45, 2.75) is 11.7 Å². The van der Waals surface area contributed by atoms with E-state index in [2.05, 4.69) is 17.5 Å². The van der Waals surface area contributed by atoms with Gasteiger partial charge < -0.3 is 4.90 Å². The maximum absolute atomic E-state index is 12.4. The van der Waals surface area contributed by atoms with Crippen molar-refractivity contribution in [3.8, 4) is 0 Å². The van der Waals surface area contributed by atoms with Gasteiger partial charge in [-0.3, -0.25) is 14.5 Å². The van der Waals surface area contributed by atoms with Gasteiger partial charge in [-0.15, -0.1) is 11.3 Å². The second-order valence-corrected chi connectivity index (χ2v) is 8.98. The summed E-state index contributed by atoms with van der Waals surface area (Å²) in [4.78, 5) is 28.9. The van der Waals surface area contributed by atoms with Crippen molar-refractivity contribution >= 4 is 63.2 Å². The highest BCUT2D eigenvalue weighted by Crippen LogP contribution is 2.36. The van der Waals surface area contributed by atoms with Crippen molar-refractivity contribution in [2.24, 2.45) is 0 Å². The van der Waals surface area contributed by atoms with Crippen LogP contribution in [0.1, 0.15) is 16.5 Å². The SMILES string of the molecule is O=C(CN1C(=O)CSC1=S)N1CCSC(c2cccs2)CC1. The van der Waals surface area contributed by atoms with Crippen molar-refractivity contribution in [1.29, 1.82) is 0 Å². The molecule has 8 heteroatoms. The van der Waals surface area contributed by atoms with E-state index in [1.165, 1.54) is 21.5 Å². The van der Waals surface area contributed by atoms with Gasteiger partial charge in [-0.2, -0.15) is 11.8 Å². The first-order chi connectivity index (χ1) is 10.6. The van der Waals surface area contributed by atoms with Gasteiger partial charge in [0.15, 0.2) is 0 Å². The van der Waals surface area contributed by atoms with Crippen LogP contribution in [0.25, 0.3) is 0 Å². The maximum atomic E-state index is 12.4. The van der Waals surface area contributed by atoms with Gasteiger partial charge in [0.25, 0.3) is 0 Å². The Bertz CT molecular complexity index is 559. The van der Waals surface area contributed by atoms with Crippen LogP contribution in [0.15, 0.2) is 17.5 Å². The molecule has 0 saturated carbocycles. The summed E-state index contributed by atoms with van der Waals surface area (Å²) in [5.74, 6) is 1.25. The van der Waals surface area contributed by atoms with Crippen LogP contribution >= 0.6 is 47.1 Å². The van der Waals surface area contributed by atoms with Gasteiger partial charge in [-0.25, -0.2) is 0 Å². The number of carbonyl (C=O) groups excluding carboxylic acids is 2. The van der Waals surface area contributed by atoms with E-state index in [1.54, 1.807) is 11.3 Å². The van der Waals surface area contributed by atoms with E-state index in [9.17, 15) is 9.59 Å². The van der Waals surface area contributed by atoms with Crippen LogP contribution in [0, 0.1) is 0 Å². The van der Waals surface area contributed by atoms with Gasteiger partial charge in [0.05, 0.1) is 5.75 Å². The van der Waals surface area contributed by atoms with Crippen LogP contribution in [-0.2, 0) is 9.59 Å². The fourth-order valence-electron chi connectivity index (χ4n) is 2.49. The summed E-state index contributed by atoms with van der Waals surface area (Å²) in [6.45, 7) is 1.59. The second-order valence-electron chi connectivity index (χ2n) is 5.08. The van der Waals surface area contributed by atoms with E-state index in [4.69, 9.17) is 12.2 Å². The molecule has 2 amide bonds. The first-order valence-corrected chi connectivity index (χ1v) is 10.4. The molecular formula is C14H16N2O2S4. The molecule has 1 aromatic rings. The fourth-order valence-corrected chi connectivity index (χ4v) is 5.80. The lowest BCUT2D eigenvalue weighted by atomic mass is 10.2. The predicted octanol–water partition coefficient (Wildman–Crippen LogP) is 2.62. The minimum absolute atomic E-state index is 0.00521. The Morgan fingerprint density at radius 3 is 2.95 bits per heavy atom. The molecule has 2 fully saturated rings. The molecule has 0 aliphatic carbocycles. The Kier molecular flexibility index (Phi) is 5.43. The molecule has 1 atom stereocenters. The van der Waals surface area contributed by atoms with Gasteiger partial charge in [0.2, 0.25) is 11.8 Å². The Balaban J connectivity index is 1.57. The normalized spacial score (nSPS) is 23.0. The number of thiocarbonyl (C=S) groups is 1. The highest BCUT2D eigenvalue weighted by molar-refractivity contribution is 8.23. The van der Waals surface area contributed by atoms with E-state index in [-0.39, 0.29) is 18.4 Å². The van der Waals surface area contributed by atoms with Crippen LogP contribution in [0.2, 0.25) is 0 Å². The van der Waals surface area contributed by atoms with Gasteiger partial charge in [-0.05, 0) is 17.9 Å². The molecular weight excluding hydrogens is 356 g/mol. The molecule has 3 heterocycles. The minimum Gasteiger partial charge on any atom is -0.340 e. The average Bonchev–Trinajstić information content (AvgIpc) is 3.06. The van der Waals surface area contributed by atoms with E-state index in [1.807, 2.05) is 16.7 Å². The Morgan fingerprint density at radius 2 is 2.27 bits per heavy atom. The summed E-state index contributed by atoms with van der Waals surface area (Å²) in [5, 5.41) is 2.57. The molecule has 0 bridgehead atoms. The number of thioether (sulfide) groups is 2. The van der Waals surface area contributed by atoms with E-state index < -0.39 is 0 Å². The first kappa shape index (κ1) is 16.3. The highest BCUT2D eigenvalue weighted by atomic mass is 32.2. The number of hydrogen-bond acceptors (Lipinski definition) is 6. The molecule has 2 aliphatic rings. The molecule has 1 aromatic heterocycles. The Morgan fingerprint density at radius 1 is 1.41 bits per heavy atom. The van der Waals surface area contributed by atoms with Crippen LogP contribution in [0.4, 0.5) is 0 Å². The monoisotopic (exact) mass is 372 g/mol. The number of thiophene rings is 1. The summed E-state index contributed by atoms with van der Waals surface area (Å²) in [7, 11) is 0. The van der Waals surface area contributed by atoms with Crippen LogP contribution in [-0.4, -0.2) is 57.1 Å². The van der Waals surface area contributed by atoms with Gasteiger partial charge in [-0.1, -0.05) is 30.0 Å². The highest BCUT2D eigenvalue weighted by Gasteiger charge is 2.30. The van der Waals surface area contributed by atoms with Crippen molar-refractivity contribution < 1.29 is 9.59 Å². The number of hydrogen-bond donors (Lipinski definition) is 0. The number of carbonyl (C=O) groups is 2. The largest absolute Gasteiger partial charge is 0.340 e. The number of rotatable bonds is 3. The standard InChI is InChI=1S/C14H16N2O2S4/c17-12(8-16-13(18)9-22-14(16)19)15-4-3-11(21-7-5-15)10-2-1-6-20-10/h1-2,6,11H,3-5,7-9H2. The van der Waals surface area contributed by atoms with Gasteiger partial charge in [0, 0.05) is 29.0 Å². The molecule has 0 N–H and O–H groups in total. The molecule has 0 spiro atoms. The van der Waals surface area contributed by atoms with Crippen LogP contribution < -0.4 is 0 Å². The van der Waals surface area contributed by atoms with E-state index in [0.717, 1.165) is 25.3 Å². The first-order valence-electron chi connectivity index (χ1n) is 7.05. The zero-order valence-corrected chi connectivity index (χ0v) is 15.2. The zero-order chi connectivity index (χ0) is 15.5. The van der Waals surface area contributed by atoms with E-state index in [0.29, 0.717) is 15.3 Å². The molecule has 2 saturated heterocycles. The molecule has 0 radical (unpaired) electrons. The number of nitrogens with zero attached hydrogens (tertiary/aromatic N) is 2. The number of amides is 2. The summed E-state index contributed by atoms with van der Waals surface area (Å²) < 4.78 is 0.527. The van der Waals surface area contributed by atoms with Gasteiger partial charge >= 0.3 is 0 Å². The second kappa shape index (κ2) is 7.33. The third-order valence-corrected chi connectivity index (χ3v) is 7.57. The molecule has 118 valence electrons. The van der Waals surface area contributed by atoms with E-state index >= 15 is 0 Å². The Hall–Kier alpha value is -0.570. The molecule has 22 heavy (non-hydrogen) atoms. The molecule has 4 nitrogen and oxygen atoms in total. The van der Waals surface area contributed by atoms with Crippen molar-refractivity contribution in [1.82, 2.24) is 9.80 Å². The zero-order valence-electron chi connectivity index (χ0n) is 11.9. The van der Waals surface area contributed by atoms with Crippen molar-refractivity contribution in [3.63, 3.8) is 0 Å². The lowest BCUT2D eigenvalue weighted by Gasteiger charge is -2.23. The molecule has 3 rings (SSSR count). The predicted molar refractivity (Wildman–Crippen MR) is 97.5 cm³/mol. The summed E-state index contributed by atoms with van der Waals surface area (Å²) in [6, 6.07) is 4.24.